The zero-order chi connectivity index (χ0) is 22.6. The van der Waals surface area contributed by atoms with Crippen molar-refractivity contribution in [1.82, 2.24) is 13.7 Å². The number of carboxylic acids is 1. The Hall–Kier alpha value is -3.28. The second-order valence-corrected chi connectivity index (χ2v) is 9.23. The van der Waals surface area contributed by atoms with Crippen LogP contribution in [0.2, 0.25) is 0 Å². The van der Waals surface area contributed by atoms with Gasteiger partial charge in [0.2, 0.25) is 0 Å². The molecule has 1 aliphatic rings. The van der Waals surface area contributed by atoms with Crippen molar-refractivity contribution in [3.63, 3.8) is 0 Å². The molecule has 4 aromatic rings. The molecule has 0 amide bonds. The number of benzene rings is 2. The molecule has 1 saturated carbocycles. The molecule has 0 saturated heterocycles. The van der Waals surface area contributed by atoms with Gasteiger partial charge in [0.1, 0.15) is 0 Å². The van der Waals surface area contributed by atoms with E-state index in [0.717, 1.165) is 28.5 Å². The van der Waals surface area contributed by atoms with E-state index in [2.05, 4.69) is 35.9 Å². The van der Waals surface area contributed by atoms with Crippen LogP contribution < -0.4 is 5.69 Å². The Labute approximate surface area is 186 Å². The van der Waals surface area contributed by atoms with E-state index in [1.807, 2.05) is 42.8 Å². The number of hydrogen-bond donors (Lipinski definition) is 1. The summed E-state index contributed by atoms with van der Waals surface area (Å²) in [6, 6.07) is 13.7. The van der Waals surface area contributed by atoms with Crippen molar-refractivity contribution in [2.75, 3.05) is 0 Å². The normalized spacial score (nSPS) is 16.0. The van der Waals surface area contributed by atoms with E-state index in [1.54, 1.807) is 4.57 Å². The van der Waals surface area contributed by atoms with Crippen LogP contribution in [0.3, 0.4) is 0 Å². The van der Waals surface area contributed by atoms with Crippen molar-refractivity contribution in [1.29, 1.82) is 0 Å². The number of aliphatic carboxylic acids is 1. The number of carbonyl (C=O) groups is 1. The first-order chi connectivity index (χ1) is 15.4. The first-order valence-corrected chi connectivity index (χ1v) is 11.4. The van der Waals surface area contributed by atoms with Gasteiger partial charge in [-0.25, -0.2) is 4.79 Å². The fourth-order valence-electron chi connectivity index (χ4n) is 5.46. The molecule has 1 N–H and O–H groups in total. The molecule has 1 aliphatic carbocycles. The summed E-state index contributed by atoms with van der Waals surface area (Å²) >= 11 is 0. The number of aromatic nitrogens is 3. The molecular formula is C26H29N3O3. The van der Waals surface area contributed by atoms with E-state index in [-0.39, 0.29) is 11.7 Å². The zero-order valence-corrected chi connectivity index (χ0v) is 18.8. The highest BCUT2D eigenvalue weighted by atomic mass is 16.4. The first kappa shape index (κ1) is 20.6. The summed E-state index contributed by atoms with van der Waals surface area (Å²) in [5.41, 5.74) is 4.14. The summed E-state index contributed by atoms with van der Waals surface area (Å²) in [6.45, 7) is 4.60. The molecule has 1 fully saturated rings. The van der Waals surface area contributed by atoms with E-state index in [1.165, 1.54) is 10.9 Å². The maximum Gasteiger partial charge on any atom is 0.329 e. The van der Waals surface area contributed by atoms with E-state index in [9.17, 15) is 14.7 Å². The number of para-hydroxylation sites is 2. The standard InChI is InChI=1S/C26H29N3O3/c1-4-8-22(26(13-14-26)24(30)31)29-20-11-6-5-10-19(20)28(25(29)32)16-18-15-27(3)21-12-7-9-17(2)23(18)21/h5-7,9-12,15,22H,4,8,13-14,16H2,1-3H3,(H,30,31). The van der Waals surface area contributed by atoms with Crippen LogP contribution in [0.5, 0.6) is 0 Å². The van der Waals surface area contributed by atoms with Crippen LogP contribution in [0.25, 0.3) is 21.9 Å². The third-order valence-corrected chi connectivity index (χ3v) is 7.23. The molecule has 0 bridgehead atoms. The molecule has 1 atom stereocenters. The second-order valence-electron chi connectivity index (χ2n) is 9.23. The van der Waals surface area contributed by atoms with Crippen LogP contribution >= 0.6 is 0 Å². The van der Waals surface area contributed by atoms with Gasteiger partial charge >= 0.3 is 11.7 Å². The fraction of sp³-hybridized carbons (Fsp3) is 0.385. The molecule has 5 rings (SSSR count). The van der Waals surface area contributed by atoms with Gasteiger partial charge in [0, 0.05) is 24.1 Å². The van der Waals surface area contributed by atoms with Crippen molar-refractivity contribution in [3.05, 3.63) is 70.3 Å². The average molecular weight is 432 g/mol. The number of nitrogens with zero attached hydrogens (tertiary/aromatic N) is 3. The van der Waals surface area contributed by atoms with Crippen molar-refractivity contribution in [2.24, 2.45) is 12.5 Å². The predicted octanol–water partition coefficient (Wildman–Crippen LogP) is 4.86. The lowest BCUT2D eigenvalue weighted by Crippen LogP contribution is -2.35. The lowest BCUT2D eigenvalue weighted by molar-refractivity contribution is -0.145. The lowest BCUT2D eigenvalue weighted by atomic mass is 9.92. The van der Waals surface area contributed by atoms with Crippen LogP contribution in [0.1, 0.15) is 49.8 Å². The van der Waals surface area contributed by atoms with Crippen LogP contribution in [0.15, 0.2) is 53.5 Å². The minimum atomic E-state index is -0.829. The maximum absolute atomic E-state index is 13.9. The average Bonchev–Trinajstić information content (AvgIpc) is 3.46. The Morgan fingerprint density at radius 1 is 1.09 bits per heavy atom. The van der Waals surface area contributed by atoms with Gasteiger partial charge < -0.3 is 9.67 Å². The summed E-state index contributed by atoms with van der Waals surface area (Å²) in [5.74, 6) is -0.788. The second kappa shape index (κ2) is 7.40. The van der Waals surface area contributed by atoms with Gasteiger partial charge in [0.15, 0.2) is 0 Å². The maximum atomic E-state index is 13.9. The fourth-order valence-corrected chi connectivity index (χ4v) is 5.46. The van der Waals surface area contributed by atoms with Gasteiger partial charge in [-0.1, -0.05) is 37.6 Å². The molecule has 6 heteroatoms. The number of hydrogen-bond acceptors (Lipinski definition) is 2. The number of carboxylic acid groups (broad SMARTS) is 1. The summed E-state index contributed by atoms with van der Waals surface area (Å²) in [6.07, 6.45) is 4.85. The smallest absolute Gasteiger partial charge is 0.329 e. The number of rotatable bonds is 7. The number of imidazole rings is 1. The minimum Gasteiger partial charge on any atom is -0.481 e. The van der Waals surface area contributed by atoms with Crippen molar-refractivity contribution in [3.8, 4) is 0 Å². The quantitative estimate of drug-likeness (QED) is 0.454. The Balaban J connectivity index is 1.71. The summed E-state index contributed by atoms with van der Waals surface area (Å²) in [5, 5.41) is 11.2. The highest BCUT2D eigenvalue weighted by Crippen LogP contribution is 2.56. The van der Waals surface area contributed by atoms with Crippen molar-refractivity contribution in [2.45, 2.75) is 52.1 Å². The van der Waals surface area contributed by atoms with Gasteiger partial charge in [-0.05, 0) is 55.5 Å². The topological polar surface area (TPSA) is 69.2 Å². The van der Waals surface area contributed by atoms with Gasteiger partial charge in [0.05, 0.1) is 29.0 Å². The first-order valence-electron chi connectivity index (χ1n) is 11.4. The zero-order valence-electron chi connectivity index (χ0n) is 18.8. The number of fused-ring (bicyclic) bond motifs is 2. The third kappa shape index (κ3) is 2.93. The SMILES string of the molecule is CCCC(n1c(=O)n(Cc2cn(C)c3cccc(C)c23)c2ccccc21)C1(C(=O)O)CC1. The van der Waals surface area contributed by atoms with E-state index >= 15 is 0 Å². The van der Waals surface area contributed by atoms with Crippen molar-refractivity contribution >= 4 is 27.9 Å². The highest BCUT2D eigenvalue weighted by Gasteiger charge is 2.57. The largest absolute Gasteiger partial charge is 0.481 e. The number of aryl methyl sites for hydroxylation is 2. The molecule has 0 spiro atoms. The van der Waals surface area contributed by atoms with E-state index in [0.29, 0.717) is 25.8 Å². The van der Waals surface area contributed by atoms with Gasteiger partial charge in [-0.2, -0.15) is 0 Å². The molecule has 32 heavy (non-hydrogen) atoms. The Bertz CT molecular complexity index is 1400. The van der Waals surface area contributed by atoms with Gasteiger partial charge in [-0.15, -0.1) is 0 Å². The lowest BCUT2D eigenvalue weighted by Gasteiger charge is -2.24. The summed E-state index contributed by atoms with van der Waals surface area (Å²) in [7, 11) is 2.03. The molecule has 2 aromatic heterocycles. The van der Waals surface area contributed by atoms with Gasteiger partial charge in [0.25, 0.3) is 0 Å². The molecule has 2 aromatic carbocycles. The predicted molar refractivity (Wildman–Crippen MR) is 126 cm³/mol. The van der Waals surface area contributed by atoms with Crippen molar-refractivity contribution < 1.29 is 9.90 Å². The Morgan fingerprint density at radius 3 is 2.44 bits per heavy atom. The van der Waals surface area contributed by atoms with E-state index < -0.39 is 11.4 Å². The van der Waals surface area contributed by atoms with E-state index in [4.69, 9.17) is 0 Å². The Morgan fingerprint density at radius 2 is 1.78 bits per heavy atom. The molecule has 2 heterocycles. The molecule has 166 valence electrons. The van der Waals surface area contributed by atoms with Gasteiger partial charge in [-0.3, -0.25) is 13.9 Å². The van der Waals surface area contributed by atoms with Crippen LogP contribution in [0, 0.1) is 12.3 Å². The monoisotopic (exact) mass is 431 g/mol. The third-order valence-electron chi connectivity index (χ3n) is 7.23. The molecule has 0 radical (unpaired) electrons. The van der Waals surface area contributed by atoms with Crippen LogP contribution in [-0.2, 0) is 18.4 Å². The molecular weight excluding hydrogens is 402 g/mol. The van der Waals surface area contributed by atoms with Crippen LogP contribution in [-0.4, -0.2) is 24.8 Å². The molecule has 1 unspecified atom stereocenters. The summed E-state index contributed by atoms with van der Waals surface area (Å²) < 4.78 is 5.69. The Kier molecular flexibility index (Phi) is 4.77. The van der Waals surface area contributed by atoms with Crippen LogP contribution in [0.4, 0.5) is 0 Å². The summed E-state index contributed by atoms with van der Waals surface area (Å²) in [4.78, 5) is 26.0. The minimum absolute atomic E-state index is 0.122. The molecule has 6 nitrogen and oxygen atoms in total. The molecule has 0 aliphatic heterocycles. The highest BCUT2D eigenvalue weighted by molar-refractivity contribution is 5.87.